The molecule has 0 fully saturated rings. The lowest BCUT2D eigenvalue weighted by atomic mass is 10.1. The molecule has 0 aliphatic rings. The van der Waals surface area contributed by atoms with Crippen LogP contribution in [-0.4, -0.2) is 45.2 Å². The van der Waals surface area contributed by atoms with Crippen molar-refractivity contribution in [3.05, 3.63) is 137 Å². The third-order valence-electron chi connectivity index (χ3n) is 5.52. The van der Waals surface area contributed by atoms with Gasteiger partial charge in [0.2, 0.25) is 0 Å². The molecule has 18 heteroatoms. The van der Waals surface area contributed by atoms with E-state index in [-0.39, 0.29) is 47.1 Å². The second-order valence-electron chi connectivity index (χ2n) is 8.40. The van der Waals surface area contributed by atoms with Crippen LogP contribution in [0.15, 0.2) is 91.4 Å². The maximum Gasteiger partial charge on any atom is 0.287 e. The largest absolute Gasteiger partial charge is 0.384 e. The Hall–Kier alpha value is -6.17. The van der Waals surface area contributed by atoms with E-state index in [1.165, 1.54) is 60.8 Å². The van der Waals surface area contributed by atoms with Gasteiger partial charge in [-0.15, -0.1) is 0 Å². The van der Waals surface area contributed by atoms with E-state index in [1.54, 1.807) is 28.8 Å². The van der Waals surface area contributed by atoms with E-state index < -0.39 is 19.7 Å². The lowest BCUT2D eigenvalue weighted by Crippen LogP contribution is -1.99. The molecule has 0 saturated heterocycles. The molecule has 17 nitrogen and oxygen atoms in total. The summed E-state index contributed by atoms with van der Waals surface area (Å²) in [5.74, 6) is 0.195. The van der Waals surface area contributed by atoms with E-state index in [1.807, 2.05) is 0 Å². The third kappa shape index (κ3) is 9.68. The van der Waals surface area contributed by atoms with Crippen LogP contribution in [0, 0.1) is 40.5 Å². The average molecular weight is 683 g/mol. The molecule has 0 aliphatic heterocycles. The molecule has 232 valence electrons. The molecule has 45 heavy (non-hydrogen) atoms. The predicted molar refractivity (Wildman–Crippen MR) is 167 cm³/mol. The summed E-state index contributed by atoms with van der Waals surface area (Å²) in [4.78, 5) is 58.6. The normalized spacial score (nSPS) is 9.80. The molecule has 5 rings (SSSR count). The van der Waals surface area contributed by atoms with Crippen LogP contribution in [0.5, 0.6) is 0 Å². The molecule has 2 N–H and O–H groups in total. The SMILES string of the molecule is C.Nc1ccc([N+](=O)[O-])cn1.O=C(CBr)c1ccc([N+](=O)[O-])cc1.O=[N+]([O-])c1ccc(-c2cn3cc([N+](=O)[O-])ccc3n2)cc1. The number of nitrogens with zero attached hydrogens (tertiary/aromatic N) is 7. The molecule has 0 atom stereocenters. The van der Waals surface area contributed by atoms with Crippen molar-refractivity contribution < 1.29 is 24.5 Å². The van der Waals surface area contributed by atoms with Gasteiger partial charge in [-0.3, -0.25) is 49.7 Å². The van der Waals surface area contributed by atoms with E-state index >= 15 is 0 Å². The van der Waals surface area contributed by atoms with Crippen LogP contribution in [0.2, 0.25) is 0 Å². The van der Waals surface area contributed by atoms with Gasteiger partial charge in [0.1, 0.15) is 17.7 Å². The number of ketones is 1. The average Bonchev–Trinajstić information content (AvgIpc) is 3.45. The number of aromatic nitrogens is 3. The molecule has 0 saturated carbocycles. The summed E-state index contributed by atoms with van der Waals surface area (Å²) in [6.45, 7) is 0. The number of imidazole rings is 1. The van der Waals surface area contributed by atoms with E-state index in [2.05, 4.69) is 25.9 Å². The zero-order valence-corrected chi connectivity index (χ0v) is 23.7. The molecule has 0 bridgehead atoms. The Kier molecular flexibility index (Phi) is 12.4. The highest BCUT2D eigenvalue weighted by atomic mass is 79.9. The molecule has 5 aromatic rings. The highest BCUT2D eigenvalue weighted by Gasteiger charge is 2.11. The van der Waals surface area contributed by atoms with Crippen molar-refractivity contribution in [1.29, 1.82) is 0 Å². The Balaban J connectivity index is 0.000000253. The van der Waals surface area contributed by atoms with Crippen LogP contribution in [0.25, 0.3) is 16.9 Å². The number of nitro groups is 4. The molecule has 0 unspecified atom stereocenters. The van der Waals surface area contributed by atoms with Gasteiger partial charge >= 0.3 is 0 Å². The summed E-state index contributed by atoms with van der Waals surface area (Å²) < 4.78 is 1.55. The van der Waals surface area contributed by atoms with Crippen molar-refractivity contribution >= 4 is 55.9 Å². The number of anilines is 1. The van der Waals surface area contributed by atoms with Crippen molar-refractivity contribution in [2.24, 2.45) is 0 Å². The third-order valence-corrected chi connectivity index (χ3v) is 6.03. The molecule has 0 aliphatic carbocycles. The number of hydrogen-bond donors (Lipinski definition) is 1. The molecule has 0 radical (unpaired) electrons. The maximum absolute atomic E-state index is 11.1. The summed E-state index contributed by atoms with van der Waals surface area (Å²) in [5, 5.41) is 41.9. The van der Waals surface area contributed by atoms with Gasteiger partial charge in [-0.05, 0) is 36.4 Å². The topological polar surface area (TPSA) is 246 Å². The van der Waals surface area contributed by atoms with Crippen molar-refractivity contribution in [3.8, 4) is 11.3 Å². The molecule has 3 heterocycles. The van der Waals surface area contributed by atoms with Crippen molar-refractivity contribution in [1.82, 2.24) is 14.4 Å². The van der Waals surface area contributed by atoms with Crippen LogP contribution in [0.3, 0.4) is 0 Å². The Bertz CT molecular complexity index is 1830. The van der Waals surface area contributed by atoms with Crippen LogP contribution in [-0.2, 0) is 0 Å². The Labute approximate surface area is 261 Å². The lowest BCUT2D eigenvalue weighted by molar-refractivity contribution is -0.385. The van der Waals surface area contributed by atoms with Crippen molar-refractivity contribution in [2.45, 2.75) is 7.43 Å². The number of fused-ring (bicyclic) bond motifs is 1. The number of rotatable bonds is 7. The first kappa shape index (κ1) is 35.0. The second kappa shape index (κ2) is 15.9. The number of carbonyl (C=O) groups excluding carboxylic acids is 1. The summed E-state index contributed by atoms with van der Waals surface area (Å²) >= 11 is 3.02. The quantitative estimate of drug-likeness (QED) is 0.0872. The Morgan fingerprint density at radius 2 is 1.20 bits per heavy atom. The van der Waals surface area contributed by atoms with Gasteiger partial charge in [0.15, 0.2) is 5.78 Å². The van der Waals surface area contributed by atoms with Gasteiger partial charge < -0.3 is 5.73 Å². The molecule has 2 aromatic carbocycles. The van der Waals surface area contributed by atoms with Gasteiger partial charge in [0.05, 0.1) is 36.9 Å². The number of non-ortho nitro benzene ring substituents is 2. The molecule has 0 amide bonds. The number of carbonyl (C=O) groups is 1. The van der Waals surface area contributed by atoms with Crippen LogP contribution >= 0.6 is 15.9 Å². The van der Waals surface area contributed by atoms with Gasteiger partial charge in [0, 0.05) is 53.7 Å². The summed E-state index contributed by atoms with van der Waals surface area (Å²) in [6.07, 6.45) is 4.13. The van der Waals surface area contributed by atoms with Gasteiger partial charge in [-0.25, -0.2) is 9.97 Å². The number of Topliss-reactive ketones (excluding diaryl/α,β-unsaturated/α-hetero) is 1. The first-order valence-electron chi connectivity index (χ1n) is 12.0. The van der Waals surface area contributed by atoms with Crippen LogP contribution in [0.1, 0.15) is 17.8 Å². The van der Waals surface area contributed by atoms with E-state index in [9.17, 15) is 45.3 Å². The monoisotopic (exact) mass is 682 g/mol. The first-order valence-corrected chi connectivity index (χ1v) is 13.1. The molecule has 0 spiro atoms. The summed E-state index contributed by atoms with van der Waals surface area (Å²) in [6, 6.07) is 17.1. The summed E-state index contributed by atoms with van der Waals surface area (Å²) in [7, 11) is 0. The fourth-order valence-corrected chi connectivity index (χ4v) is 3.66. The number of nitro benzene ring substituents is 2. The Morgan fingerprint density at radius 1 is 0.711 bits per heavy atom. The van der Waals surface area contributed by atoms with E-state index in [0.29, 0.717) is 22.5 Å². The maximum atomic E-state index is 11.1. The van der Waals surface area contributed by atoms with Gasteiger partial charge in [-0.1, -0.05) is 23.4 Å². The minimum atomic E-state index is -0.521. The minimum absolute atomic E-state index is 0. The number of nitrogen functional groups attached to an aromatic ring is 1. The second-order valence-corrected chi connectivity index (χ2v) is 8.96. The zero-order chi connectivity index (χ0) is 32.4. The number of halogens is 1. The van der Waals surface area contributed by atoms with E-state index in [0.717, 1.165) is 6.20 Å². The van der Waals surface area contributed by atoms with Crippen molar-refractivity contribution in [3.63, 3.8) is 0 Å². The fourth-order valence-electron chi connectivity index (χ4n) is 3.33. The zero-order valence-electron chi connectivity index (χ0n) is 22.1. The highest BCUT2D eigenvalue weighted by molar-refractivity contribution is 9.09. The number of alkyl halides is 1. The molecular weight excluding hydrogens is 660 g/mol. The molecule has 3 aromatic heterocycles. The molecular formula is C27H23BrN8O9. The predicted octanol–water partition coefficient (Wildman–Crippen LogP) is 6.20. The highest BCUT2D eigenvalue weighted by Crippen LogP contribution is 2.23. The first-order chi connectivity index (χ1) is 20.9. The number of nitrogens with two attached hydrogens (primary N) is 1. The number of hydrogen-bond acceptors (Lipinski definition) is 12. The summed E-state index contributed by atoms with van der Waals surface area (Å²) in [5.41, 5.74) is 7.43. The van der Waals surface area contributed by atoms with Crippen molar-refractivity contribution in [2.75, 3.05) is 11.1 Å². The van der Waals surface area contributed by atoms with Crippen LogP contribution in [0.4, 0.5) is 28.6 Å². The van der Waals surface area contributed by atoms with E-state index in [4.69, 9.17) is 5.73 Å². The Morgan fingerprint density at radius 3 is 1.67 bits per heavy atom. The smallest absolute Gasteiger partial charge is 0.287 e. The lowest BCUT2D eigenvalue weighted by Gasteiger charge is -1.95. The number of benzene rings is 2. The number of pyridine rings is 2. The van der Waals surface area contributed by atoms with Gasteiger partial charge in [0.25, 0.3) is 22.7 Å². The fraction of sp³-hybridized carbons (Fsp3) is 0.0741. The van der Waals surface area contributed by atoms with Gasteiger partial charge in [-0.2, -0.15) is 0 Å². The van der Waals surface area contributed by atoms with Crippen LogP contribution < -0.4 is 5.73 Å². The standard InChI is InChI=1S/C13H8N4O4.C8H6BrNO3.C5H5N3O2.CH4/c18-16(19)10-3-1-9(2-4-10)12-8-15-7-11(17(20)21)5-6-13(15)14-12;9-5-8(11)6-1-3-7(4-2-6)10(12)13;6-5-2-1-4(3-7-5)8(9)10;/h1-8H;1-4H,5H2;1-3H,(H2,6,7);1H4. The minimum Gasteiger partial charge on any atom is -0.384 e.